The fourth-order valence-electron chi connectivity index (χ4n) is 2.10. The minimum atomic E-state index is -0.110. The van der Waals surface area contributed by atoms with Gasteiger partial charge in [-0.05, 0) is 19.3 Å². The van der Waals surface area contributed by atoms with Gasteiger partial charge in [-0.3, -0.25) is 9.69 Å². The van der Waals surface area contributed by atoms with E-state index in [9.17, 15) is 9.59 Å². The SMILES string of the molecule is CN1C(=O)C[C@H]2CCCCN2C1=O. The van der Waals surface area contributed by atoms with Gasteiger partial charge < -0.3 is 4.90 Å². The molecule has 0 bridgehead atoms. The second-order valence-electron chi connectivity index (χ2n) is 3.78. The van der Waals surface area contributed by atoms with Crippen molar-refractivity contribution in [2.24, 2.45) is 0 Å². The molecule has 4 heteroatoms. The Morgan fingerprint density at radius 3 is 2.85 bits per heavy atom. The monoisotopic (exact) mass is 182 g/mol. The Morgan fingerprint density at radius 1 is 1.31 bits per heavy atom. The van der Waals surface area contributed by atoms with E-state index in [1.54, 1.807) is 7.05 Å². The van der Waals surface area contributed by atoms with Crippen molar-refractivity contribution < 1.29 is 9.59 Å². The minimum absolute atomic E-state index is 0.0341. The highest BCUT2D eigenvalue weighted by molar-refractivity contribution is 5.97. The molecule has 3 amide bonds. The number of nitrogens with zero attached hydrogens (tertiary/aromatic N) is 2. The van der Waals surface area contributed by atoms with Gasteiger partial charge in [0.15, 0.2) is 0 Å². The second-order valence-corrected chi connectivity index (χ2v) is 3.78. The fourth-order valence-corrected chi connectivity index (χ4v) is 2.10. The summed E-state index contributed by atoms with van der Waals surface area (Å²) >= 11 is 0. The molecule has 0 aromatic carbocycles. The maximum Gasteiger partial charge on any atom is 0.326 e. The molecular weight excluding hydrogens is 168 g/mol. The summed E-state index contributed by atoms with van der Waals surface area (Å²) in [5.74, 6) is -0.0341. The van der Waals surface area contributed by atoms with Crippen LogP contribution in [-0.2, 0) is 4.79 Å². The van der Waals surface area contributed by atoms with E-state index in [1.165, 1.54) is 4.90 Å². The van der Waals surface area contributed by atoms with Gasteiger partial charge >= 0.3 is 6.03 Å². The van der Waals surface area contributed by atoms with Crippen LogP contribution in [0.4, 0.5) is 4.79 Å². The predicted octanol–water partition coefficient (Wildman–Crippen LogP) is 0.823. The zero-order chi connectivity index (χ0) is 9.42. The lowest BCUT2D eigenvalue weighted by Crippen LogP contribution is -2.56. The third-order valence-electron chi connectivity index (χ3n) is 2.94. The molecule has 0 unspecified atom stereocenters. The summed E-state index contributed by atoms with van der Waals surface area (Å²) in [7, 11) is 1.56. The molecule has 2 fully saturated rings. The summed E-state index contributed by atoms with van der Waals surface area (Å²) in [6.45, 7) is 0.821. The molecule has 2 saturated heterocycles. The number of hydrogen-bond donors (Lipinski definition) is 0. The number of urea groups is 1. The highest BCUT2D eigenvalue weighted by Crippen LogP contribution is 2.25. The van der Waals surface area contributed by atoms with Crippen molar-refractivity contribution in [3.8, 4) is 0 Å². The number of carbonyl (C=O) groups excluding carboxylic acids is 2. The first-order chi connectivity index (χ1) is 6.20. The van der Waals surface area contributed by atoms with E-state index in [2.05, 4.69) is 0 Å². The molecular formula is C9H14N2O2. The van der Waals surface area contributed by atoms with Crippen LogP contribution in [0.25, 0.3) is 0 Å². The lowest BCUT2D eigenvalue weighted by molar-refractivity contribution is -0.131. The van der Waals surface area contributed by atoms with Crippen molar-refractivity contribution in [3.63, 3.8) is 0 Å². The topological polar surface area (TPSA) is 40.6 Å². The zero-order valence-electron chi connectivity index (χ0n) is 7.82. The first-order valence-corrected chi connectivity index (χ1v) is 4.77. The lowest BCUT2D eigenvalue weighted by atomic mass is 9.97. The van der Waals surface area contributed by atoms with Gasteiger partial charge in [-0.25, -0.2) is 4.79 Å². The number of imide groups is 1. The van der Waals surface area contributed by atoms with Crippen LogP contribution < -0.4 is 0 Å². The van der Waals surface area contributed by atoms with Gasteiger partial charge in [-0.1, -0.05) is 0 Å². The summed E-state index contributed by atoms with van der Waals surface area (Å²) in [4.78, 5) is 26.0. The quantitative estimate of drug-likeness (QED) is 0.556. The summed E-state index contributed by atoms with van der Waals surface area (Å²) in [5, 5.41) is 0. The van der Waals surface area contributed by atoms with E-state index >= 15 is 0 Å². The Bertz CT molecular complexity index is 252. The van der Waals surface area contributed by atoms with Crippen LogP contribution in [0.1, 0.15) is 25.7 Å². The van der Waals surface area contributed by atoms with Crippen LogP contribution >= 0.6 is 0 Å². The molecule has 2 aliphatic heterocycles. The zero-order valence-corrected chi connectivity index (χ0v) is 7.82. The number of carbonyl (C=O) groups is 2. The molecule has 0 aromatic heterocycles. The van der Waals surface area contributed by atoms with Crippen LogP contribution in [0.5, 0.6) is 0 Å². The van der Waals surface area contributed by atoms with Crippen LogP contribution in [0.2, 0.25) is 0 Å². The lowest BCUT2D eigenvalue weighted by Gasteiger charge is -2.41. The average molecular weight is 182 g/mol. The van der Waals surface area contributed by atoms with E-state index in [-0.39, 0.29) is 18.0 Å². The fraction of sp³-hybridized carbons (Fsp3) is 0.778. The van der Waals surface area contributed by atoms with Crippen molar-refractivity contribution >= 4 is 11.9 Å². The van der Waals surface area contributed by atoms with E-state index in [0.717, 1.165) is 25.8 Å². The van der Waals surface area contributed by atoms with Crippen molar-refractivity contribution in [2.45, 2.75) is 31.7 Å². The van der Waals surface area contributed by atoms with E-state index < -0.39 is 0 Å². The number of piperidine rings is 1. The molecule has 2 aliphatic rings. The van der Waals surface area contributed by atoms with Gasteiger partial charge in [0.05, 0.1) is 0 Å². The molecule has 1 atom stereocenters. The highest BCUT2D eigenvalue weighted by Gasteiger charge is 2.37. The van der Waals surface area contributed by atoms with Crippen molar-refractivity contribution in [2.75, 3.05) is 13.6 Å². The molecule has 0 aliphatic carbocycles. The number of fused-ring (bicyclic) bond motifs is 1. The van der Waals surface area contributed by atoms with E-state index in [1.807, 2.05) is 4.90 Å². The molecule has 0 saturated carbocycles. The Kier molecular flexibility index (Phi) is 1.98. The molecule has 0 aromatic rings. The summed E-state index contributed by atoms with van der Waals surface area (Å²) in [6.07, 6.45) is 3.73. The Balaban J connectivity index is 2.17. The van der Waals surface area contributed by atoms with E-state index in [4.69, 9.17) is 0 Å². The van der Waals surface area contributed by atoms with Crippen molar-refractivity contribution in [1.82, 2.24) is 9.80 Å². The van der Waals surface area contributed by atoms with Gasteiger partial charge in [-0.2, -0.15) is 0 Å². The third kappa shape index (κ3) is 1.30. The normalized spacial score (nSPS) is 29.2. The highest BCUT2D eigenvalue weighted by atomic mass is 16.2. The first kappa shape index (κ1) is 8.53. The van der Waals surface area contributed by atoms with Crippen LogP contribution in [0.15, 0.2) is 0 Å². The van der Waals surface area contributed by atoms with Gasteiger partial charge in [-0.15, -0.1) is 0 Å². The van der Waals surface area contributed by atoms with Crippen molar-refractivity contribution in [3.05, 3.63) is 0 Å². The molecule has 2 rings (SSSR count). The maximum absolute atomic E-state index is 11.6. The van der Waals surface area contributed by atoms with E-state index in [0.29, 0.717) is 6.42 Å². The smallest absolute Gasteiger partial charge is 0.321 e. The Hall–Kier alpha value is -1.06. The Labute approximate surface area is 77.5 Å². The number of amides is 3. The predicted molar refractivity (Wildman–Crippen MR) is 47.1 cm³/mol. The first-order valence-electron chi connectivity index (χ1n) is 4.77. The van der Waals surface area contributed by atoms with Crippen molar-refractivity contribution in [1.29, 1.82) is 0 Å². The standard InChI is InChI=1S/C9H14N2O2/c1-10-8(12)6-7-4-2-3-5-11(7)9(10)13/h7H,2-6H2,1H3/t7-/m1/s1. The Morgan fingerprint density at radius 2 is 2.08 bits per heavy atom. The summed E-state index contributed by atoms with van der Waals surface area (Å²) < 4.78 is 0. The third-order valence-corrected chi connectivity index (χ3v) is 2.94. The molecule has 4 nitrogen and oxygen atoms in total. The second kappa shape index (κ2) is 3.01. The number of hydrogen-bond acceptors (Lipinski definition) is 2. The molecule has 0 radical (unpaired) electrons. The van der Waals surface area contributed by atoms with Crippen LogP contribution in [0.3, 0.4) is 0 Å². The average Bonchev–Trinajstić information content (AvgIpc) is 2.15. The molecule has 0 spiro atoms. The minimum Gasteiger partial charge on any atom is -0.321 e. The molecule has 13 heavy (non-hydrogen) atoms. The largest absolute Gasteiger partial charge is 0.326 e. The maximum atomic E-state index is 11.6. The summed E-state index contributed by atoms with van der Waals surface area (Å²) in [6, 6.07) is 0.0749. The summed E-state index contributed by atoms with van der Waals surface area (Å²) in [5.41, 5.74) is 0. The van der Waals surface area contributed by atoms with Gasteiger partial charge in [0.1, 0.15) is 0 Å². The number of rotatable bonds is 0. The van der Waals surface area contributed by atoms with Crippen LogP contribution in [0, 0.1) is 0 Å². The molecule has 0 N–H and O–H groups in total. The molecule has 72 valence electrons. The van der Waals surface area contributed by atoms with Gasteiger partial charge in [0.25, 0.3) is 0 Å². The molecule has 2 heterocycles. The van der Waals surface area contributed by atoms with Gasteiger partial charge in [0, 0.05) is 26.1 Å². The van der Waals surface area contributed by atoms with Crippen LogP contribution in [-0.4, -0.2) is 41.4 Å². The van der Waals surface area contributed by atoms with Gasteiger partial charge in [0.2, 0.25) is 5.91 Å².